The van der Waals surface area contributed by atoms with Crippen LogP contribution < -0.4 is 5.32 Å². The lowest BCUT2D eigenvalue weighted by molar-refractivity contribution is -0.124. The first kappa shape index (κ1) is 11.7. The second-order valence-electron chi connectivity index (χ2n) is 4.53. The third-order valence-electron chi connectivity index (χ3n) is 3.57. The van der Waals surface area contributed by atoms with Gasteiger partial charge in [-0.05, 0) is 44.2 Å². The summed E-state index contributed by atoms with van der Waals surface area (Å²) in [4.78, 5) is 11.4. The van der Waals surface area contributed by atoms with E-state index in [1.54, 1.807) is 0 Å². The zero-order chi connectivity index (χ0) is 10.4. The minimum Gasteiger partial charge on any atom is -0.317 e. The minimum absolute atomic E-state index is 0.331. The average molecular weight is 197 g/mol. The van der Waals surface area contributed by atoms with E-state index >= 15 is 0 Å². The maximum atomic E-state index is 11.4. The van der Waals surface area contributed by atoms with Crippen LogP contribution in [-0.2, 0) is 4.79 Å². The molecule has 14 heavy (non-hydrogen) atoms. The Bertz CT molecular complexity index is 191. The standard InChI is InChI=1S/C12H23NO/c1-3-12(8-9-13-4-2)7-5-6-11(14)10-12/h13H,3-10H2,1-2H3. The summed E-state index contributed by atoms with van der Waals surface area (Å²) in [7, 11) is 0. The lowest BCUT2D eigenvalue weighted by Gasteiger charge is -2.35. The Morgan fingerprint density at radius 3 is 2.79 bits per heavy atom. The molecule has 1 rings (SSSR count). The van der Waals surface area contributed by atoms with E-state index in [2.05, 4.69) is 19.2 Å². The number of rotatable bonds is 5. The normalized spacial score (nSPS) is 28.0. The molecule has 0 amide bonds. The van der Waals surface area contributed by atoms with Crippen LogP contribution in [0.1, 0.15) is 52.4 Å². The molecule has 0 saturated heterocycles. The molecule has 1 atom stereocenters. The highest BCUT2D eigenvalue weighted by Crippen LogP contribution is 2.40. The summed E-state index contributed by atoms with van der Waals surface area (Å²) in [5.74, 6) is 0.481. The fourth-order valence-electron chi connectivity index (χ4n) is 2.48. The monoisotopic (exact) mass is 197 g/mol. The highest BCUT2D eigenvalue weighted by molar-refractivity contribution is 5.79. The molecule has 0 spiro atoms. The van der Waals surface area contributed by atoms with Crippen LogP contribution in [0.2, 0.25) is 0 Å². The van der Waals surface area contributed by atoms with Crippen LogP contribution in [0.5, 0.6) is 0 Å². The van der Waals surface area contributed by atoms with Gasteiger partial charge in [-0.25, -0.2) is 0 Å². The smallest absolute Gasteiger partial charge is 0.133 e. The fraction of sp³-hybridized carbons (Fsp3) is 0.917. The minimum atomic E-state index is 0.331. The fourth-order valence-corrected chi connectivity index (χ4v) is 2.48. The van der Waals surface area contributed by atoms with Crippen molar-refractivity contribution < 1.29 is 4.79 Å². The first-order chi connectivity index (χ1) is 6.72. The Morgan fingerprint density at radius 2 is 2.21 bits per heavy atom. The molecule has 1 aliphatic carbocycles. The molecular formula is C12H23NO. The lowest BCUT2D eigenvalue weighted by atomic mass is 9.69. The summed E-state index contributed by atoms with van der Waals surface area (Å²) in [5.41, 5.74) is 0.331. The summed E-state index contributed by atoms with van der Waals surface area (Å²) in [6, 6.07) is 0. The van der Waals surface area contributed by atoms with Gasteiger partial charge in [0.15, 0.2) is 0 Å². The van der Waals surface area contributed by atoms with Crippen LogP contribution in [0, 0.1) is 5.41 Å². The first-order valence-electron chi connectivity index (χ1n) is 5.95. The molecule has 0 radical (unpaired) electrons. The Hall–Kier alpha value is -0.370. The van der Waals surface area contributed by atoms with E-state index in [9.17, 15) is 4.79 Å². The van der Waals surface area contributed by atoms with Crippen molar-refractivity contribution in [1.82, 2.24) is 5.32 Å². The third-order valence-corrected chi connectivity index (χ3v) is 3.57. The summed E-state index contributed by atoms with van der Waals surface area (Å²) >= 11 is 0. The molecule has 1 fully saturated rings. The zero-order valence-electron chi connectivity index (χ0n) is 9.57. The molecule has 0 heterocycles. The zero-order valence-corrected chi connectivity index (χ0v) is 9.57. The van der Waals surface area contributed by atoms with Crippen LogP contribution in [0.25, 0.3) is 0 Å². The lowest BCUT2D eigenvalue weighted by Crippen LogP contribution is -2.32. The summed E-state index contributed by atoms with van der Waals surface area (Å²) in [6.45, 7) is 6.46. The van der Waals surface area contributed by atoms with Gasteiger partial charge in [-0.2, -0.15) is 0 Å². The van der Waals surface area contributed by atoms with Crippen LogP contribution in [0.15, 0.2) is 0 Å². The third kappa shape index (κ3) is 3.09. The number of hydrogen-bond donors (Lipinski definition) is 1. The Labute approximate surface area is 87.5 Å². The molecule has 2 heteroatoms. The maximum Gasteiger partial charge on any atom is 0.133 e. The van der Waals surface area contributed by atoms with Gasteiger partial charge in [0.2, 0.25) is 0 Å². The number of nitrogens with one attached hydrogen (secondary N) is 1. The Balaban J connectivity index is 2.43. The Morgan fingerprint density at radius 1 is 1.43 bits per heavy atom. The van der Waals surface area contributed by atoms with Crippen LogP contribution >= 0.6 is 0 Å². The van der Waals surface area contributed by atoms with Crippen LogP contribution in [-0.4, -0.2) is 18.9 Å². The van der Waals surface area contributed by atoms with Crippen molar-refractivity contribution in [2.45, 2.75) is 52.4 Å². The van der Waals surface area contributed by atoms with Gasteiger partial charge in [-0.1, -0.05) is 13.8 Å². The van der Waals surface area contributed by atoms with Gasteiger partial charge in [0.1, 0.15) is 5.78 Å². The second-order valence-corrected chi connectivity index (χ2v) is 4.53. The van der Waals surface area contributed by atoms with E-state index in [-0.39, 0.29) is 0 Å². The molecule has 1 saturated carbocycles. The molecule has 82 valence electrons. The van der Waals surface area contributed by atoms with Crippen molar-refractivity contribution in [3.8, 4) is 0 Å². The molecule has 1 unspecified atom stereocenters. The molecule has 2 nitrogen and oxygen atoms in total. The molecule has 0 aromatic heterocycles. The maximum absolute atomic E-state index is 11.4. The van der Waals surface area contributed by atoms with Crippen molar-refractivity contribution >= 4 is 5.78 Å². The highest BCUT2D eigenvalue weighted by Gasteiger charge is 2.33. The molecule has 0 aromatic rings. The van der Waals surface area contributed by atoms with Gasteiger partial charge >= 0.3 is 0 Å². The summed E-state index contributed by atoms with van der Waals surface area (Å²) < 4.78 is 0. The largest absolute Gasteiger partial charge is 0.317 e. The van der Waals surface area contributed by atoms with E-state index in [0.717, 1.165) is 38.8 Å². The molecule has 0 aliphatic heterocycles. The predicted molar refractivity (Wildman–Crippen MR) is 59.4 cm³/mol. The number of carbonyl (C=O) groups is 1. The van der Waals surface area contributed by atoms with Gasteiger partial charge in [0.05, 0.1) is 0 Å². The second kappa shape index (κ2) is 5.50. The first-order valence-corrected chi connectivity index (χ1v) is 5.95. The van der Waals surface area contributed by atoms with E-state index in [4.69, 9.17) is 0 Å². The summed E-state index contributed by atoms with van der Waals surface area (Å²) in [5, 5.41) is 3.36. The molecular weight excluding hydrogens is 174 g/mol. The number of hydrogen-bond acceptors (Lipinski definition) is 2. The average Bonchev–Trinajstić information content (AvgIpc) is 2.18. The number of Topliss-reactive ketones (excluding diaryl/α,β-unsaturated/α-hetero) is 1. The van der Waals surface area contributed by atoms with E-state index in [0.29, 0.717) is 11.2 Å². The van der Waals surface area contributed by atoms with Crippen molar-refractivity contribution in [3.63, 3.8) is 0 Å². The SMILES string of the molecule is CCNCCC1(CC)CCCC(=O)C1. The van der Waals surface area contributed by atoms with Crippen LogP contribution in [0.3, 0.4) is 0 Å². The molecule has 1 N–H and O–H groups in total. The van der Waals surface area contributed by atoms with Crippen molar-refractivity contribution in [2.24, 2.45) is 5.41 Å². The molecule has 0 aromatic carbocycles. The van der Waals surface area contributed by atoms with Gasteiger partial charge in [-0.15, -0.1) is 0 Å². The quantitative estimate of drug-likeness (QED) is 0.686. The van der Waals surface area contributed by atoms with Gasteiger partial charge in [0, 0.05) is 12.8 Å². The van der Waals surface area contributed by atoms with E-state index in [1.165, 1.54) is 12.8 Å². The Kier molecular flexibility index (Phi) is 4.59. The number of carbonyl (C=O) groups excluding carboxylic acids is 1. The predicted octanol–water partition coefficient (Wildman–Crippen LogP) is 2.53. The van der Waals surface area contributed by atoms with Gasteiger partial charge in [0.25, 0.3) is 0 Å². The molecule has 1 aliphatic rings. The van der Waals surface area contributed by atoms with Crippen molar-refractivity contribution in [2.75, 3.05) is 13.1 Å². The van der Waals surface area contributed by atoms with Gasteiger partial charge in [-0.3, -0.25) is 4.79 Å². The van der Waals surface area contributed by atoms with Crippen molar-refractivity contribution in [1.29, 1.82) is 0 Å². The van der Waals surface area contributed by atoms with E-state index in [1.807, 2.05) is 0 Å². The van der Waals surface area contributed by atoms with Crippen molar-refractivity contribution in [3.05, 3.63) is 0 Å². The molecule has 0 bridgehead atoms. The van der Waals surface area contributed by atoms with Crippen LogP contribution in [0.4, 0.5) is 0 Å². The topological polar surface area (TPSA) is 29.1 Å². The highest BCUT2D eigenvalue weighted by atomic mass is 16.1. The van der Waals surface area contributed by atoms with E-state index < -0.39 is 0 Å². The van der Waals surface area contributed by atoms with Gasteiger partial charge < -0.3 is 5.32 Å². The number of ketones is 1. The summed E-state index contributed by atoms with van der Waals surface area (Å²) in [6.07, 6.45) is 6.34.